The number of carbonyl (C=O) groups excluding carboxylic acids is 2. The minimum Gasteiger partial charge on any atom is -0.466 e. The van der Waals surface area contributed by atoms with Crippen molar-refractivity contribution in [1.29, 1.82) is 0 Å². The molecule has 2 aromatic rings. The number of carbonyl (C=O) groups is 2. The number of hydrogen-bond acceptors (Lipinski definition) is 5. The summed E-state index contributed by atoms with van der Waals surface area (Å²) in [5, 5.41) is 0. The Morgan fingerprint density at radius 3 is 2.44 bits per heavy atom. The Hall–Kier alpha value is -3.39. The van der Waals surface area contributed by atoms with Crippen LogP contribution in [0, 0.1) is 11.3 Å². The maximum absolute atomic E-state index is 13.3. The van der Waals surface area contributed by atoms with E-state index in [0.717, 1.165) is 24.0 Å². The molecule has 0 spiro atoms. The monoisotopic (exact) mass is 550 g/mol. The fourth-order valence-electron chi connectivity index (χ4n) is 5.59. The normalized spacial score (nSPS) is 16.8. The number of ether oxygens (including phenoxy) is 1. The van der Waals surface area contributed by atoms with Crippen LogP contribution < -0.4 is 4.72 Å². The van der Waals surface area contributed by atoms with E-state index in [-0.39, 0.29) is 16.8 Å². The Labute approximate surface area is 232 Å². The molecule has 39 heavy (non-hydrogen) atoms. The van der Waals surface area contributed by atoms with E-state index in [1.807, 2.05) is 37.3 Å². The van der Waals surface area contributed by atoms with E-state index in [0.29, 0.717) is 56.1 Å². The van der Waals surface area contributed by atoms with Gasteiger partial charge in [0.1, 0.15) is 0 Å². The van der Waals surface area contributed by atoms with Gasteiger partial charge >= 0.3 is 5.97 Å². The van der Waals surface area contributed by atoms with Crippen LogP contribution in [0.4, 0.5) is 5.69 Å². The Balaban J connectivity index is 1.44. The molecule has 0 unspecified atom stereocenters. The van der Waals surface area contributed by atoms with Gasteiger partial charge in [-0.3, -0.25) is 14.3 Å². The van der Waals surface area contributed by atoms with Crippen molar-refractivity contribution in [3.8, 4) is 0 Å². The summed E-state index contributed by atoms with van der Waals surface area (Å²) >= 11 is 0. The predicted molar refractivity (Wildman–Crippen MR) is 154 cm³/mol. The molecule has 7 nitrogen and oxygen atoms in total. The van der Waals surface area contributed by atoms with Gasteiger partial charge in [-0.2, -0.15) is 0 Å². The van der Waals surface area contributed by atoms with Crippen LogP contribution in [0.25, 0.3) is 6.08 Å². The van der Waals surface area contributed by atoms with Crippen molar-refractivity contribution in [3.05, 3.63) is 77.4 Å². The quantitative estimate of drug-likeness (QED) is 0.417. The van der Waals surface area contributed by atoms with Gasteiger partial charge in [-0.1, -0.05) is 50.3 Å². The van der Waals surface area contributed by atoms with E-state index in [1.54, 1.807) is 41.3 Å². The molecule has 1 N–H and O–H groups in total. The van der Waals surface area contributed by atoms with Crippen LogP contribution in [0.2, 0.25) is 0 Å². The maximum Gasteiger partial charge on any atom is 0.312 e. The van der Waals surface area contributed by atoms with Crippen molar-refractivity contribution < 1.29 is 22.7 Å². The highest BCUT2D eigenvalue weighted by molar-refractivity contribution is 7.92. The molecule has 4 rings (SSSR count). The number of nitrogens with zero attached hydrogens (tertiary/aromatic N) is 1. The zero-order valence-electron chi connectivity index (χ0n) is 23.0. The molecule has 0 radical (unpaired) electrons. The second kappa shape index (κ2) is 12.2. The third kappa shape index (κ3) is 6.61. The summed E-state index contributed by atoms with van der Waals surface area (Å²) in [7, 11) is -3.82. The number of benzene rings is 2. The first kappa shape index (κ1) is 28.6. The fourth-order valence-corrected chi connectivity index (χ4v) is 6.95. The van der Waals surface area contributed by atoms with E-state index in [1.165, 1.54) is 0 Å². The molecule has 2 aliphatic rings. The first-order valence-corrected chi connectivity index (χ1v) is 15.2. The Bertz CT molecular complexity index is 1350. The molecule has 0 atom stereocenters. The summed E-state index contributed by atoms with van der Waals surface area (Å²) in [5.41, 5.74) is 2.00. The Morgan fingerprint density at radius 2 is 1.77 bits per heavy atom. The molecule has 1 amide bonds. The molecule has 0 aromatic heterocycles. The van der Waals surface area contributed by atoms with Gasteiger partial charge < -0.3 is 9.64 Å². The summed E-state index contributed by atoms with van der Waals surface area (Å²) in [6.07, 6.45) is 11.1. The van der Waals surface area contributed by atoms with Crippen LogP contribution in [-0.2, 0) is 26.0 Å². The van der Waals surface area contributed by atoms with Gasteiger partial charge in [0.2, 0.25) is 0 Å². The molecule has 1 aliphatic carbocycles. The van der Waals surface area contributed by atoms with Gasteiger partial charge in [-0.05, 0) is 86.4 Å². The van der Waals surface area contributed by atoms with Gasteiger partial charge in [-0.25, -0.2) is 8.42 Å². The lowest BCUT2D eigenvalue weighted by Crippen LogP contribution is -2.47. The number of fused-ring (bicyclic) bond motifs is 1. The lowest BCUT2D eigenvalue weighted by atomic mass is 9.72. The number of piperidine rings is 1. The highest BCUT2D eigenvalue weighted by Gasteiger charge is 2.43. The van der Waals surface area contributed by atoms with Crippen molar-refractivity contribution in [2.45, 2.75) is 57.8 Å². The summed E-state index contributed by atoms with van der Waals surface area (Å²) < 4.78 is 34.7. The molecular formula is C31H38N2O5S. The summed E-state index contributed by atoms with van der Waals surface area (Å²) in [5.74, 6) is 0.0492. The number of allylic oxidation sites excluding steroid dienone is 3. The number of amides is 1. The largest absolute Gasteiger partial charge is 0.466 e. The van der Waals surface area contributed by atoms with Crippen molar-refractivity contribution in [3.63, 3.8) is 0 Å². The van der Waals surface area contributed by atoms with E-state index < -0.39 is 15.4 Å². The summed E-state index contributed by atoms with van der Waals surface area (Å²) in [6.45, 7) is 7.30. The van der Waals surface area contributed by atoms with Crippen molar-refractivity contribution >= 4 is 33.7 Å². The standard InChI is InChI=1S/C31H38N2O5S/c1-4-38-30(35)31(22-23(2)3)18-20-33(21-19-31)29(34)25-14-16-26(17-15-25)32-39(36,37)28-13-9-11-24-10-7-5-6-8-12-27(24)28/h5-7,9-11,13-17,23,32H,4,8,12,18-22H2,1-3H3. The number of likely N-dealkylation sites (tertiary alicyclic amines) is 1. The number of esters is 1. The lowest BCUT2D eigenvalue weighted by molar-refractivity contribution is -0.159. The van der Waals surface area contributed by atoms with E-state index >= 15 is 0 Å². The molecule has 208 valence electrons. The second-order valence-electron chi connectivity index (χ2n) is 10.7. The van der Waals surface area contributed by atoms with Crippen LogP contribution in [0.15, 0.2) is 65.6 Å². The smallest absolute Gasteiger partial charge is 0.312 e. The van der Waals surface area contributed by atoms with Gasteiger partial charge in [0.15, 0.2) is 0 Å². The van der Waals surface area contributed by atoms with E-state index in [9.17, 15) is 18.0 Å². The number of rotatable bonds is 8. The number of hydrogen-bond donors (Lipinski definition) is 1. The number of anilines is 1. The third-order valence-electron chi connectivity index (χ3n) is 7.44. The highest BCUT2D eigenvalue weighted by atomic mass is 32.2. The predicted octanol–water partition coefficient (Wildman–Crippen LogP) is 5.83. The SMILES string of the molecule is CCOC(=O)C1(CC(C)C)CCN(C(=O)c2ccc(NS(=O)(=O)c3cccc4c3CCC=CC=C4)cc2)CC1. The first-order chi connectivity index (χ1) is 18.6. The minimum absolute atomic E-state index is 0.129. The zero-order valence-corrected chi connectivity index (χ0v) is 23.8. The van der Waals surface area contributed by atoms with Crippen LogP contribution in [0.3, 0.4) is 0 Å². The molecule has 1 aliphatic heterocycles. The molecule has 1 fully saturated rings. The van der Waals surface area contributed by atoms with Gasteiger partial charge in [-0.15, -0.1) is 0 Å². The van der Waals surface area contributed by atoms with Crippen LogP contribution >= 0.6 is 0 Å². The third-order valence-corrected chi connectivity index (χ3v) is 8.91. The van der Waals surface area contributed by atoms with Gasteiger partial charge in [0.25, 0.3) is 15.9 Å². The lowest BCUT2D eigenvalue weighted by Gasteiger charge is -2.41. The first-order valence-electron chi connectivity index (χ1n) is 13.7. The van der Waals surface area contributed by atoms with Gasteiger partial charge in [0, 0.05) is 24.3 Å². The highest BCUT2D eigenvalue weighted by Crippen LogP contribution is 2.39. The second-order valence-corrected chi connectivity index (χ2v) is 12.4. The van der Waals surface area contributed by atoms with Crippen molar-refractivity contribution in [2.24, 2.45) is 11.3 Å². The molecule has 0 saturated carbocycles. The van der Waals surface area contributed by atoms with E-state index in [2.05, 4.69) is 18.6 Å². The average molecular weight is 551 g/mol. The van der Waals surface area contributed by atoms with Crippen LogP contribution in [-0.4, -0.2) is 44.9 Å². The zero-order chi connectivity index (χ0) is 28.0. The number of nitrogens with one attached hydrogen (secondary N) is 1. The molecule has 1 heterocycles. The summed E-state index contributed by atoms with van der Waals surface area (Å²) in [4.78, 5) is 28.0. The number of sulfonamides is 1. The molecule has 8 heteroatoms. The average Bonchev–Trinajstić information content (AvgIpc) is 2.89. The Morgan fingerprint density at radius 1 is 1.05 bits per heavy atom. The molecule has 1 saturated heterocycles. The van der Waals surface area contributed by atoms with Crippen LogP contribution in [0.5, 0.6) is 0 Å². The summed E-state index contributed by atoms with van der Waals surface area (Å²) in [6, 6.07) is 11.8. The topological polar surface area (TPSA) is 92.8 Å². The molecule has 0 bridgehead atoms. The molecule has 2 aromatic carbocycles. The molecular weight excluding hydrogens is 512 g/mol. The Kier molecular flexibility index (Phi) is 8.95. The van der Waals surface area contributed by atoms with Gasteiger partial charge in [0.05, 0.1) is 16.9 Å². The van der Waals surface area contributed by atoms with Crippen molar-refractivity contribution in [1.82, 2.24) is 4.90 Å². The van der Waals surface area contributed by atoms with Crippen LogP contribution in [0.1, 0.15) is 67.9 Å². The minimum atomic E-state index is -3.82. The fraction of sp³-hybridized carbons (Fsp3) is 0.419. The van der Waals surface area contributed by atoms with Crippen molar-refractivity contribution in [2.75, 3.05) is 24.4 Å². The van der Waals surface area contributed by atoms with E-state index in [4.69, 9.17) is 4.74 Å². The maximum atomic E-state index is 13.3.